The third-order valence-electron chi connectivity index (χ3n) is 6.86. The summed E-state index contributed by atoms with van der Waals surface area (Å²) in [6.45, 7) is 0. The molecule has 10 heteroatoms. The minimum absolute atomic E-state index is 0.0138. The van der Waals surface area contributed by atoms with Crippen molar-refractivity contribution >= 4 is 11.8 Å². The van der Waals surface area contributed by atoms with E-state index in [-0.39, 0.29) is 24.4 Å². The zero-order valence-electron chi connectivity index (χ0n) is 17.4. The van der Waals surface area contributed by atoms with Crippen molar-refractivity contribution in [2.24, 2.45) is 11.7 Å². The highest BCUT2D eigenvalue weighted by molar-refractivity contribution is 5.92. The summed E-state index contributed by atoms with van der Waals surface area (Å²) in [5.41, 5.74) is 5.07. The predicted octanol–water partition coefficient (Wildman–Crippen LogP) is 3.05. The lowest BCUT2D eigenvalue weighted by molar-refractivity contribution is -0.171. The van der Waals surface area contributed by atoms with Crippen molar-refractivity contribution in [3.05, 3.63) is 35.1 Å². The van der Waals surface area contributed by atoms with E-state index in [4.69, 9.17) is 5.73 Å². The Morgan fingerprint density at radius 2 is 1.72 bits per heavy atom. The van der Waals surface area contributed by atoms with E-state index in [1.807, 2.05) is 0 Å². The summed E-state index contributed by atoms with van der Waals surface area (Å²) in [6, 6.07) is -2.94. The van der Waals surface area contributed by atoms with Crippen molar-refractivity contribution in [1.29, 1.82) is 0 Å². The van der Waals surface area contributed by atoms with Crippen LogP contribution in [0, 0.1) is 23.4 Å². The number of carbonyl (C=O) groups excluding carboxylic acids is 2. The summed E-state index contributed by atoms with van der Waals surface area (Å²) in [6.07, 6.45) is 3.81. The van der Waals surface area contributed by atoms with Crippen LogP contribution in [0.1, 0.15) is 50.5 Å². The Morgan fingerprint density at radius 1 is 1.03 bits per heavy atom. The van der Waals surface area contributed by atoms with Crippen molar-refractivity contribution in [1.82, 2.24) is 10.2 Å². The Kier molecular flexibility index (Phi) is 6.17. The normalized spacial score (nSPS) is 26.6. The van der Waals surface area contributed by atoms with Crippen molar-refractivity contribution < 1.29 is 31.5 Å². The zero-order valence-corrected chi connectivity index (χ0v) is 17.4. The first-order chi connectivity index (χ1) is 15.1. The maximum absolute atomic E-state index is 15.2. The first-order valence-corrected chi connectivity index (χ1v) is 11.0. The Morgan fingerprint density at radius 3 is 2.41 bits per heavy atom. The maximum Gasteiger partial charge on any atom is 0.339 e. The lowest BCUT2D eigenvalue weighted by atomic mass is 9.86. The van der Waals surface area contributed by atoms with Gasteiger partial charge in [0.15, 0.2) is 11.6 Å². The van der Waals surface area contributed by atoms with Crippen LogP contribution in [0.4, 0.5) is 22.0 Å². The van der Waals surface area contributed by atoms with Gasteiger partial charge in [0.2, 0.25) is 5.91 Å². The third-order valence-corrected chi connectivity index (χ3v) is 6.86. The van der Waals surface area contributed by atoms with E-state index in [0.717, 1.165) is 30.6 Å². The molecule has 5 nitrogen and oxygen atoms in total. The molecule has 3 fully saturated rings. The summed E-state index contributed by atoms with van der Waals surface area (Å²) in [5.74, 6) is -10.2. The van der Waals surface area contributed by atoms with Gasteiger partial charge in [0.1, 0.15) is 11.9 Å². The highest BCUT2D eigenvalue weighted by Gasteiger charge is 2.55. The third kappa shape index (κ3) is 4.33. The fourth-order valence-electron chi connectivity index (χ4n) is 4.95. The molecule has 32 heavy (non-hydrogen) atoms. The van der Waals surface area contributed by atoms with Crippen molar-refractivity contribution in [2.75, 3.05) is 0 Å². The molecule has 1 saturated heterocycles. The van der Waals surface area contributed by atoms with E-state index in [2.05, 4.69) is 5.32 Å². The van der Waals surface area contributed by atoms with Gasteiger partial charge in [-0.1, -0.05) is 6.42 Å². The SMILES string of the molecule is N[C@H](Cc1cc(F)c(F)cc1F)C(F)(F)C(=O)N1C2CCCC2CC[C@H]1C(=O)NC1CC1. The topological polar surface area (TPSA) is 75.4 Å². The fraction of sp³-hybridized carbons (Fsp3) is 0.636. The van der Waals surface area contributed by atoms with Gasteiger partial charge in [-0.05, 0) is 62.5 Å². The number of nitrogens with two attached hydrogens (primary N) is 1. The molecule has 0 radical (unpaired) electrons. The first kappa shape index (κ1) is 22.9. The van der Waals surface area contributed by atoms with Crippen LogP contribution in [0.15, 0.2) is 12.1 Å². The number of carbonyl (C=O) groups is 2. The smallest absolute Gasteiger partial charge is 0.339 e. The van der Waals surface area contributed by atoms with E-state index in [1.54, 1.807) is 0 Å². The molecule has 0 aromatic heterocycles. The second kappa shape index (κ2) is 8.61. The monoisotopic (exact) mass is 459 g/mol. The molecule has 3 aliphatic rings. The number of hydrogen-bond acceptors (Lipinski definition) is 3. The van der Waals surface area contributed by atoms with Gasteiger partial charge in [0, 0.05) is 18.2 Å². The van der Waals surface area contributed by atoms with Gasteiger partial charge in [-0.3, -0.25) is 9.59 Å². The zero-order chi connectivity index (χ0) is 23.2. The second-order valence-corrected chi connectivity index (χ2v) is 9.14. The average molecular weight is 459 g/mol. The van der Waals surface area contributed by atoms with Crippen LogP contribution in [0.5, 0.6) is 0 Å². The molecule has 2 saturated carbocycles. The van der Waals surface area contributed by atoms with Crippen LogP contribution in [0.25, 0.3) is 0 Å². The molecular weight excluding hydrogens is 433 g/mol. The number of alkyl halides is 2. The summed E-state index contributed by atoms with van der Waals surface area (Å²) in [4.78, 5) is 26.9. The Hall–Kier alpha value is -2.23. The number of likely N-dealkylation sites (tertiary alicyclic amines) is 1. The van der Waals surface area contributed by atoms with Crippen molar-refractivity contribution in [2.45, 2.75) is 81.5 Å². The molecule has 2 unspecified atom stereocenters. The number of hydrogen-bond donors (Lipinski definition) is 2. The molecule has 2 amide bonds. The molecule has 4 rings (SSSR count). The number of halogens is 5. The molecule has 1 heterocycles. The summed E-state index contributed by atoms with van der Waals surface area (Å²) < 4.78 is 71.0. The Balaban J connectivity index is 1.56. The number of fused-ring (bicyclic) bond motifs is 1. The summed E-state index contributed by atoms with van der Waals surface area (Å²) in [5, 5.41) is 2.79. The van der Waals surface area contributed by atoms with Crippen LogP contribution >= 0.6 is 0 Å². The standard InChI is InChI=1S/C22H26F5N3O2/c23-14-10-16(25)15(24)8-12(14)9-19(28)22(26,27)21(32)30-17-3-1-2-11(17)4-7-18(30)20(31)29-13-5-6-13/h8,10-11,13,17-19H,1-7,9,28H2,(H,29,31)/t11?,17?,18-,19+/m0/s1. The van der Waals surface area contributed by atoms with Crippen LogP contribution in [-0.4, -0.2) is 46.8 Å². The maximum atomic E-state index is 15.2. The molecule has 0 spiro atoms. The lowest BCUT2D eigenvalue weighted by Crippen LogP contribution is -2.64. The summed E-state index contributed by atoms with van der Waals surface area (Å²) in [7, 11) is 0. The molecule has 176 valence electrons. The van der Waals surface area contributed by atoms with Gasteiger partial charge in [-0.25, -0.2) is 13.2 Å². The lowest BCUT2D eigenvalue weighted by Gasteiger charge is -2.44. The van der Waals surface area contributed by atoms with Crippen LogP contribution in [0.2, 0.25) is 0 Å². The average Bonchev–Trinajstić information content (AvgIpc) is 3.42. The van der Waals surface area contributed by atoms with E-state index in [9.17, 15) is 22.8 Å². The van der Waals surface area contributed by atoms with Gasteiger partial charge < -0.3 is 16.0 Å². The largest absolute Gasteiger partial charge is 0.352 e. The Bertz CT molecular complexity index is 908. The minimum Gasteiger partial charge on any atom is -0.352 e. The highest BCUT2D eigenvalue weighted by Crippen LogP contribution is 2.41. The van der Waals surface area contributed by atoms with Crippen molar-refractivity contribution in [3.63, 3.8) is 0 Å². The molecular formula is C22H26F5N3O2. The van der Waals surface area contributed by atoms with Gasteiger partial charge in [-0.2, -0.15) is 8.78 Å². The molecule has 2 aliphatic carbocycles. The van der Waals surface area contributed by atoms with Crippen LogP contribution < -0.4 is 11.1 Å². The molecule has 4 atom stereocenters. The van der Waals surface area contributed by atoms with Gasteiger partial charge >= 0.3 is 5.92 Å². The molecule has 1 aromatic carbocycles. The fourth-order valence-corrected chi connectivity index (χ4v) is 4.95. The van der Waals surface area contributed by atoms with Crippen LogP contribution in [-0.2, 0) is 16.0 Å². The van der Waals surface area contributed by atoms with E-state index >= 15 is 8.78 Å². The van der Waals surface area contributed by atoms with Gasteiger partial charge in [0.05, 0.1) is 6.04 Å². The first-order valence-electron chi connectivity index (χ1n) is 11.0. The number of nitrogens with zero attached hydrogens (tertiary/aromatic N) is 1. The van der Waals surface area contributed by atoms with Crippen LogP contribution in [0.3, 0.4) is 0 Å². The Labute approximate surface area is 182 Å². The minimum atomic E-state index is -4.13. The van der Waals surface area contributed by atoms with E-state index in [0.29, 0.717) is 18.9 Å². The van der Waals surface area contributed by atoms with Crippen molar-refractivity contribution in [3.8, 4) is 0 Å². The highest BCUT2D eigenvalue weighted by atomic mass is 19.3. The van der Waals surface area contributed by atoms with Gasteiger partial charge in [0.25, 0.3) is 5.91 Å². The number of piperidine rings is 1. The predicted molar refractivity (Wildman–Crippen MR) is 105 cm³/mol. The number of rotatable bonds is 6. The molecule has 3 N–H and O–H groups in total. The van der Waals surface area contributed by atoms with E-state index < -0.39 is 65.3 Å². The number of nitrogens with one attached hydrogen (secondary N) is 1. The number of benzene rings is 1. The number of amides is 2. The molecule has 1 aliphatic heterocycles. The summed E-state index contributed by atoms with van der Waals surface area (Å²) >= 11 is 0. The second-order valence-electron chi connectivity index (χ2n) is 9.14. The molecule has 0 bridgehead atoms. The van der Waals surface area contributed by atoms with Gasteiger partial charge in [-0.15, -0.1) is 0 Å². The molecule has 1 aromatic rings. The quantitative estimate of drug-likeness (QED) is 0.507. The van der Waals surface area contributed by atoms with E-state index in [1.165, 1.54) is 0 Å².